The average Bonchev–Trinajstić information content (AvgIpc) is 2.95. The van der Waals surface area contributed by atoms with Crippen molar-refractivity contribution in [3.63, 3.8) is 0 Å². The fourth-order valence-corrected chi connectivity index (χ4v) is 7.25. The van der Waals surface area contributed by atoms with Gasteiger partial charge in [0.2, 0.25) is 0 Å². The van der Waals surface area contributed by atoms with Crippen molar-refractivity contribution >= 4 is 24.4 Å². The van der Waals surface area contributed by atoms with Gasteiger partial charge in [-0.1, -0.05) is 89.6 Å². The predicted octanol–water partition coefficient (Wildman–Crippen LogP) is 8.56. The van der Waals surface area contributed by atoms with Gasteiger partial charge in [0.15, 0.2) is 8.32 Å². The summed E-state index contributed by atoms with van der Waals surface area (Å²) in [5.74, 6) is -0.836. The van der Waals surface area contributed by atoms with Gasteiger partial charge in [-0.05, 0) is 69.9 Å². The van der Waals surface area contributed by atoms with E-state index in [9.17, 15) is 13.2 Å². The van der Waals surface area contributed by atoms with Gasteiger partial charge in [0.05, 0.1) is 42.3 Å². The van der Waals surface area contributed by atoms with E-state index in [1.54, 1.807) is 24.3 Å². The Hall–Kier alpha value is -2.04. The summed E-state index contributed by atoms with van der Waals surface area (Å²) in [5, 5.41) is -0.0770. The first-order valence-electron chi connectivity index (χ1n) is 16.2. The fraction of sp³-hybridized carbons (Fsp3) is 0.639. The highest BCUT2D eigenvalue weighted by Gasteiger charge is 2.44. The first-order chi connectivity index (χ1) is 20.7. The number of hydrogen-bond acceptors (Lipinski definition) is 7. The molecule has 5 atom stereocenters. The molecule has 0 radical (unpaired) electrons. The third-order valence-electron chi connectivity index (χ3n) is 8.95. The number of esters is 1. The zero-order chi connectivity index (χ0) is 34.2. The zero-order valence-electron chi connectivity index (χ0n) is 29.7. The molecular weight excluding hydrogens is 605 g/mol. The highest BCUT2D eigenvalue weighted by atomic mass is 32.2. The number of carbonyl (C=O) groups excluding carboxylic acids is 1. The molecule has 0 N–H and O–H groups in total. The van der Waals surface area contributed by atoms with Crippen molar-refractivity contribution in [1.82, 2.24) is 0 Å². The standard InChI is InChI=1S/C36H58O7SSi/c1-13-30(25-42-44(38,39)31-21-19-26(2)20-22-31)33(43-45(11,12)36(8,9)10)28(4)32(40-24-29-17-15-14-16-18-29)27(3)23-41-34(37)35(5,6)7/h14-22,27-28,30,32-33H,13,23-25H2,1-12H3/t27-,28-,30-,32-,33+/m1/s1. The predicted molar refractivity (Wildman–Crippen MR) is 184 cm³/mol. The highest BCUT2D eigenvalue weighted by Crippen LogP contribution is 2.41. The minimum atomic E-state index is -3.96. The van der Waals surface area contributed by atoms with Gasteiger partial charge in [0, 0.05) is 17.8 Å². The molecule has 0 saturated heterocycles. The van der Waals surface area contributed by atoms with E-state index in [0.717, 1.165) is 11.1 Å². The molecule has 0 aliphatic carbocycles. The fourth-order valence-electron chi connectivity index (χ4n) is 4.85. The van der Waals surface area contributed by atoms with Gasteiger partial charge in [0.25, 0.3) is 10.1 Å². The summed E-state index contributed by atoms with van der Waals surface area (Å²) < 4.78 is 51.7. The van der Waals surface area contributed by atoms with E-state index in [0.29, 0.717) is 13.0 Å². The van der Waals surface area contributed by atoms with Gasteiger partial charge in [-0.3, -0.25) is 8.98 Å². The minimum absolute atomic E-state index is 0.0187. The Morgan fingerprint density at radius 1 is 0.867 bits per heavy atom. The molecule has 0 heterocycles. The van der Waals surface area contributed by atoms with Crippen LogP contribution in [0.5, 0.6) is 0 Å². The molecule has 9 heteroatoms. The number of ether oxygens (including phenoxy) is 2. The Balaban J connectivity index is 2.46. The molecule has 45 heavy (non-hydrogen) atoms. The van der Waals surface area contributed by atoms with E-state index in [2.05, 4.69) is 40.8 Å². The molecule has 0 aliphatic rings. The molecule has 254 valence electrons. The van der Waals surface area contributed by atoms with Gasteiger partial charge < -0.3 is 13.9 Å². The number of carbonyl (C=O) groups is 1. The normalized spacial score (nSPS) is 16.4. The number of rotatable bonds is 16. The summed E-state index contributed by atoms with van der Waals surface area (Å²) in [6.45, 7) is 25.2. The van der Waals surface area contributed by atoms with E-state index >= 15 is 0 Å². The topological polar surface area (TPSA) is 88.1 Å². The smallest absolute Gasteiger partial charge is 0.311 e. The third kappa shape index (κ3) is 11.6. The monoisotopic (exact) mass is 662 g/mol. The molecule has 0 bridgehead atoms. The molecule has 0 spiro atoms. The van der Waals surface area contributed by atoms with Gasteiger partial charge in [-0.2, -0.15) is 8.42 Å². The quantitative estimate of drug-likeness (QED) is 0.101. The van der Waals surface area contributed by atoms with E-state index in [4.69, 9.17) is 18.1 Å². The van der Waals surface area contributed by atoms with Crippen LogP contribution in [-0.2, 0) is 39.6 Å². The lowest BCUT2D eigenvalue weighted by Gasteiger charge is -2.45. The van der Waals surface area contributed by atoms with Crippen LogP contribution in [0.2, 0.25) is 18.1 Å². The van der Waals surface area contributed by atoms with Crippen LogP contribution in [-0.4, -0.2) is 48.1 Å². The maximum absolute atomic E-state index is 13.2. The zero-order valence-corrected chi connectivity index (χ0v) is 31.5. The summed E-state index contributed by atoms with van der Waals surface area (Å²) in [6, 6.07) is 16.7. The minimum Gasteiger partial charge on any atom is -0.465 e. The number of benzene rings is 2. The summed E-state index contributed by atoms with van der Waals surface area (Å²) in [4.78, 5) is 12.8. The van der Waals surface area contributed by atoms with Crippen molar-refractivity contribution in [2.75, 3.05) is 13.2 Å². The average molecular weight is 663 g/mol. The van der Waals surface area contributed by atoms with E-state index in [-0.39, 0.29) is 59.1 Å². The molecular formula is C36H58O7SSi. The van der Waals surface area contributed by atoms with Crippen molar-refractivity contribution in [2.24, 2.45) is 23.2 Å². The molecule has 0 saturated carbocycles. The van der Waals surface area contributed by atoms with Crippen LogP contribution in [0.1, 0.15) is 79.9 Å². The second kappa shape index (κ2) is 16.2. The van der Waals surface area contributed by atoms with Crippen LogP contribution < -0.4 is 0 Å². The van der Waals surface area contributed by atoms with Gasteiger partial charge in [-0.15, -0.1) is 0 Å². The van der Waals surface area contributed by atoms with Crippen molar-refractivity contribution in [2.45, 2.75) is 118 Å². The molecule has 0 amide bonds. The molecule has 0 aromatic heterocycles. The van der Waals surface area contributed by atoms with Crippen LogP contribution >= 0.6 is 0 Å². The maximum Gasteiger partial charge on any atom is 0.311 e. The molecule has 0 unspecified atom stereocenters. The van der Waals surface area contributed by atoms with Crippen molar-refractivity contribution in [1.29, 1.82) is 0 Å². The first kappa shape index (κ1) is 39.1. The van der Waals surface area contributed by atoms with Crippen molar-refractivity contribution in [3.05, 3.63) is 65.7 Å². The van der Waals surface area contributed by atoms with E-state index in [1.807, 2.05) is 71.9 Å². The molecule has 2 rings (SSSR count). The summed E-state index contributed by atoms with van der Waals surface area (Å²) in [6.07, 6.45) is -0.0765. The van der Waals surface area contributed by atoms with E-state index < -0.39 is 23.9 Å². The third-order valence-corrected chi connectivity index (χ3v) is 14.7. The number of hydrogen-bond donors (Lipinski definition) is 0. The van der Waals surface area contributed by atoms with Crippen LogP contribution in [0.25, 0.3) is 0 Å². The SMILES string of the molecule is CC[C@H](COS(=O)(=O)c1ccc(C)cc1)[C@@H](O[Si](C)(C)C(C)(C)C)[C@H](C)[C@H](OCc1ccccc1)[C@H](C)COC(=O)C(C)(C)C. The van der Waals surface area contributed by atoms with Gasteiger partial charge in [-0.25, -0.2) is 0 Å². The largest absolute Gasteiger partial charge is 0.465 e. The van der Waals surface area contributed by atoms with Crippen LogP contribution in [0.4, 0.5) is 0 Å². The second-order valence-electron chi connectivity index (χ2n) is 15.0. The maximum atomic E-state index is 13.2. The summed E-state index contributed by atoms with van der Waals surface area (Å²) in [7, 11) is -6.29. The molecule has 2 aromatic carbocycles. The molecule has 7 nitrogen and oxygen atoms in total. The van der Waals surface area contributed by atoms with Crippen LogP contribution in [0, 0.1) is 30.1 Å². The Labute approximate surface area is 274 Å². The van der Waals surface area contributed by atoms with Crippen LogP contribution in [0.15, 0.2) is 59.5 Å². The summed E-state index contributed by atoms with van der Waals surface area (Å²) >= 11 is 0. The Morgan fingerprint density at radius 3 is 1.96 bits per heavy atom. The first-order valence-corrected chi connectivity index (χ1v) is 20.5. The lowest BCUT2D eigenvalue weighted by atomic mass is 9.83. The molecule has 0 fully saturated rings. The van der Waals surface area contributed by atoms with Crippen molar-refractivity contribution < 1.29 is 31.3 Å². The second-order valence-corrected chi connectivity index (χ2v) is 21.4. The van der Waals surface area contributed by atoms with Crippen LogP contribution in [0.3, 0.4) is 0 Å². The Morgan fingerprint density at radius 2 is 1.44 bits per heavy atom. The molecule has 2 aromatic rings. The Bertz CT molecular complexity index is 1300. The summed E-state index contributed by atoms with van der Waals surface area (Å²) in [5.41, 5.74) is 1.39. The lowest BCUT2D eigenvalue weighted by Crippen LogP contribution is -2.51. The Kier molecular flexibility index (Phi) is 14.1. The lowest BCUT2D eigenvalue weighted by molar-refractivity contribution is -0.157. The van der Waals surface area contributed by atoms with Gasteiger partial charge in [0.1, 0.15) is 0 Å². The highest BCUT2D eigenvalue weighted by molar-refractivity contribution is 7.86. The van der Waals surface area contributed by atoms with Gasteiger partial charge >= 0.3 is 5.97 Å². The molecule has 0 aliphatic heterocycles. The van der Waals surface area contributed by atoms with E-state index in [1.165, 1.54) is 0 Å². The number of aryl methyl sites for hydroxylation is 1. The van der Waals surface area contributed by atoms with Crippen molar-refractivity contribution in [3.8, 4) is 0 Å².